The van der Waals surface area contributed by atoms with E-state index in [1.807, 2.05) is 141 Å². The normalized spacial score (nSPS) is 18.5. The lowest BCUT2D eigenvalue weighted by Gasteiger charge is -2.22. The summed E-state index contributed by atoms with van der Waals surface area (Å²) < 4.78 is 21.2. The van der Waals surface area contributed by atoms with Crippen LogP contribution in [0.5, 0.6) is 0 Å². The molecular weight excluding hydrogens is 1150 g/mol. The summed E-state index contributed by atoms with van der Waals surface area (Å²) >= 11 is 0. The number of ether oxygens (including phenoxy) is 4. The smallest absolute Gasteiger partial charge is 0.408 e. The van der Waals surface area contributed by atoms with E-state index in [2.05, 4.69) is 31.9 Å². The highest BCUT2D eigenvalue weighted by atomic mass is 16.7. The number of imide groups is 1. The van der Waals surface area contributed by atoms with Crippen molar-refractivity contribution in [2.24, 2.45) is 0 Å². The second-order valence-electron chi connectivity index (χ2n) is 27.1. The van der Waals surface area contributed by atoms with Gasteiger partial charge in [-0.3, -0.25) is 24.5 Å². The Morgan fingerprint density at radius 1 is 0.500 bits per heavy atom. The predicted molar refractivity (Wildman–Crippen MR) is 337 cm³/mol. The van der Waals surface area contributed by atoms with Crippen LogP contribution in [0.4, 0.5) is 24.0 Å². The lowest BCUT2D eigenvalue weighted by atomic mass is 9.93. The van der Waals surface area contributed by atoms with Crippen molar-refractivity contribution in [3.05, 3.63) is 138 Å². The van der Waals surface area contributed by atoms with Gasteiger partial charge in [0.15, 0.2) is 0 Å². The number of alkyl carbamates (subject to hydrolysis) is 4. The molecule has 22 nitrogen and oxygen atoms in total. The molecule has 4 aliphatic carbocycles. The Kier molecular flexibility index (Phi) is 22.4. The van der Waals surface area contributed by atoms with E-state index in [0.717, 1.165) is 130 Å². The third-order valence-corrected chi connectivity index (χ3v) is 15.9. The molecule has 0 radical (unpaired) electrons. The number of hydroxylamine groups is 2. The zero-order valence-corrected chi connectivity index (χ0v) is 55.3. The first kappa shape index (κ1) is 70.6. The van der Waals surface area contributed by atoms with Crippen LogP contribution in [0, 0.1) is 27.7 Å². The highest BCUT2D eigenvalue weighted by Crippen LogP contribution is 2.39. The molecule has 4 aromatic carbocycles. The van der Waals surface area contributed by atoms with Crippen LogP contribution in [0.3, 0.4) is 0 Å². The van der Waals surface area contributed by atoms with Crippen molar-refractivity contribution in [3.63, 3.8) is 0 Å². The van der Waals surface area contributed by atoms with Crippen molar-refractivity contribution >= 4 is 54.5 Å². The standard InChI is InChI=1S/C18H23N3O4.C18H26N2O4.C16H21NO4.C16H21NO3/c1-9-10-7-8-13(19-17(24)25-18(2,3)4)12(10)6-5-11(9)14-15(22)21-16(23)20-14;1-11-12-9-10-15(19-17(22)24-18(2,3)4)14(12)8-7-13(11)16(21)20(5)23-6;1-9-10-7-8-13(17-15(20)21-16(2,3)4)12(10)6-5-11(9)14(18)19;1-10-11(9-18)5-6-13-12(10)7-8-14(13)17-15(19)20-16(2,3)4/h5-6,13-14H,7-8H2,1-4H3,(H,19,24)(H2,20,21,22,23);7-8,15H,9-10H2,1-6H3,(H,19,22);5-6,13H,7-8H2,1-4H3,(H,17,20)(H,18,19);5-6,9,14H,7-8H2,1-4H3,(H,17,19)/t13-,14?;15-;13-;14-/m0000/s1. The summed E-state index contributed by atoms with van der Waals surface area (Å²) in [7, 11) is 3.04. The third kappa shape index (κ3) is 18.3. The SMILES string of the molecule is CON(C)C(=O)c1ccc2c(c1C)CC[C@@H]2NC(=O)OC(C)(C)C.Cc1c(C(=O)O)ccc2c1CC[C@@H]2NC(=O)OC(C)(C)C.Cc1c(C2NC(=O)NC2=O)ccc2c1CC[C@@H]2NC(=O)OC(C)(C)C.Cc1c(C=O)ccc2c1CC[C@@H]2NC(=O)OC(C)(C)C. The maximum Gasteiger partial charge on any atom is 0.408 e. The van der Waals surface area contributed by atoms with Crippen LogP contribution in [0.25, 0.3) is 0 Å². The summed E-state index contributed by atoms with van der Waals surface area (Å²) in [5.74, 6) is -1.44. The lowest BCUT2D eigenvalue weighted by molar-refractivity contribution is -0.120. The molecule has 8 amide bonds. The van der Waals surface area contributed by atoms with Gasteiger partial charge in [-0.2, -0.15) is 0 Å². The Bertz CT molecular complexity index is 3420. The maximum absolute atomic E-state index is 12.3. The number of carbonyl (C=O) groups is 9. The number of carboxylic acid groups (broad SMARTS) is 1. The monoisotopic (exact) mass is 1250 g/mol. The molecular formula is C68H91N7O15. The number of aromatic carboxylic acids is 1. The van der Waals surface area contributed by atoms with Crippen molar-refractivity contribution in [1.82, 2.24) is 37.0 Å². The van der Waals surface area contributed by atoms with Gasteiger partial charge < -0.3 is 50.6 Å². The van der Waals surface area contributed by atoms with Crippen molar-refractivity contribution in [2.45, 2.75) is 215 Å². The maximum atomic E-state index is 12.3. The van der Waals surface area contributed by atoms with Crippen molar-refractivity contribution in [3.8, 4) is 0 Å². The number of hydrogen-bond acceptors (Lipinski definition) is 14. The fraction of sp³-hybridized carbons (Fsp3) is 0.515. The summed E-state index contributed by atoms with van der Waals surface area (Å²) in [5.41, 5.74) is 12.7. The molecule has 0 aromatic heterocycles. The molecule has 90 heavy (non-hydrogen) atoms. The molecule has 1 heterocycles. The Hall–Kier alpha value is -8.53. The average Bonchev–Trinajstić information content (AvgIpc) is 1.63. The number of nitrogens with zero attached hydrogens (tertiary/aromatic N) is 1. The fourth-order valence-corrected chi connectivity index (χ4v) is 11.7. The van der Waals surface area contributed by atoms with E-state index in [1.54, 1.807) is 25.2 Å². The van der Waals surface area contributed by atoms with Gasteiger partial charge in [-0.15, -0.1) is 0 Å². The number of urea groups is 1. The number of aldehydes is 1. The van der Waals surface area contributed by atoms with Crippen LogP contribution in [0.2, 0.25) is 0 Å². The Morgan fingerprint density at radius 2 is 0.822 bits per heavy atom. The van der Waals surface area contributed by atoms with Gasteiger partial charge in [0.05, 0.1) is 36.8 Å². The van der Waals surface area contributed by atoms with Crippen LogP contribution in [-0.2, 0) is 54.3 Å². The molecule has 0 bridgehead atoms. The Morgan fingerprint density at radius 3 is 1.16 bits per heavy atom. The topological polar surface area (TPSA) is 295 Å². The molecule has 488 valence electrons. The lowest BCUT2D eigenvalue weighted by Crippen LogP contribution is -2.34. The quantitative estimate of drug-likeness (QED) is 0.0355. The minimum Gasteiger partial charge on any atom is -0.478 e. The van der Waals surface area contributed by atoms with E-state index in [4.69, 9.17) is 28.9 Å². The van der Waals surface area contributed by atoms with Gasteiger partial charge in [-0.05, 0) is 247 Å². The summed E-state index contributed by atoms with van der Waals surface area (Å²) in [4.78, 5) is 110. The van der Waals surface area contributed by atoms with E-state index < -0.39 is 64.8 Å². The summed E-state index contributed by atoms with van der Waals surface area (Å²) in [6, 6.07) is 13.1. The molecule has 22 heteroatoms. The van der Waals surface area contributed by atoms with Gasteiger partial charge in [-0.1, -0.05) is 36.4 Å². The molecule has 1 fully saturated rings. The third-order valence-electron chi connectivity index (χ3n) is 15.9. The summed E-state index contributed by atoms with van der Waals surface area (Å²) in [6.45, 7) is 29.6. The second kappa shape index (κ2) is 28.5. The zero-order chi connectivity index (χ0) is 67.1. The molecule has 1 saturated heterocycles. The molecule has 5 atom stereocenters. The zero-order valence-electron chi connectivity index (χ0n) is 55.3. The molecule has 9 rings (SSSR count). The van der Waals surface area contributed by atoms with Crippen LogP contribution >= 0.6 is 0 Å². The molecule has 0 saturated carbocycles. The van der Waals surface area contributed by atoms with Crippen LogP contribution in [-0.4, -0.2) is 101 Å². The number of fused-ring (bicyclic) bond motifs is 4. The Balaban J connectivity index is 0.000000192. The van der Waals surface area contributed by atoms with Gasteiger partial charge in [0.2, 0.25) is 0 Å². The minimum absolute atomic E-state index is 0.0285. The molecule has 4 aromatic rings. The van der Waals surface area contributed by atoms with E-state index in [1.165, 1.54) is 17.7 Å². The van der Waals surface area contributed by atoms with Gasteiger partial charge in [0.25, 0.3) is 11.8 Å². The number of amides is 8. The fourth-order valence-electron chi connectivity index (χ4n) is 11.7. The molecule has 7 N–H and O–H groups in total. The van der Waals surface area contributed by atoms with Crippen LogP contribution < -0.4 is 31.9 Å². The molecule has 5 aliphatic rings. The summed E-state index contributed by atoms with van der Waals surface area (Å²) in [6.07, 6.45) is 5.64. The number of benzene rings is 4. The number of nitrogens with one attached hydrogen (secondary N) is 6. The summed E-state index contributed by atoms with van der Waals surface area (Å²) in [5, 5.41) is 26.8. The van der Waals surface area contributed by atoms with Crippen molar-refractivity contribution in [2.75, 3.05) is 14.2 Å². The van der Waals surface area contributed by atoms with Crippen molar-refractivity contribution < 1.29 is 72.0 Å². The Labute approximate surface area is 527 Å². The highest BCUT2D eigenvalue weighted by molar-refractivity contribution is 6.04. The first-order valence-corrected chi connectivity index (χ1v) is 30.4. The van der Waals surface area contributed by atoms with Gasteiger partial charge in [0, 0.05) is 18.2 Å². The van der Waals surface area contributed by atoms with Crippen LogP contribution in [0.15, 0.2) is 48.5 Å². The van der Waals surface area contributed by atoms with E-state index in [9.17, 15) is 43.2 Å². The first-order chi connectivity index (χ1) is 41.8. The van der Waals surface area contributed by atoms with E-state index in [0.29, 0.717) is 11.1 Å². The van der Waals surface area contributed by atoms with E-state index >= 15 is 0 Å². The van der Waals surface area contributed by atoms with Crippen molar-refractivity contribution in [1.29, 1.82) is 0 Å². The average molecular weight is 1250 g/mol. The first-order valence-electron chi connectivity index (χ1n) is 30.4. The largest absolute Gasteiger partial charge is 0.478 e. The predicted octanol–water partition coefficient (Wildman–Crippen LogP) is 12.1. The number of carboxylic acids is 1. The second-order valence-corrected chi connectivity index (χ2v) is 27.1. The van der Waals surface area contributed by atoms with Gasteiger partial charge in [-0.25, -0.2) is 33.8 Å². The molecule has 1 aliphatic heterocycles. The highest BCUT2D eigenvalue weighted by Gasteiger charge is 2.36. The minimum atomic E-state index is -0.918. The van der Waals surface area contributed by atoms with Crippen LogP contribution in [0.1, 0.15) is 242 Å². The van der Waals surface area contributed by atoms with Gasteiger partial charge >= 0.3 is 36.4 Å². The number of carbonyl (C=O) groups excluding carboxylic acids is 8. The molecule has 1 unspecified atom stereocenters. The number of hydrogen-bond donors (Lipinski definition) is 7. The molecule has 0 spiro atoms. The number of rotatable bonds is 9. The van der Waals surface area contributed by atoms with Gasteiger partial charge in [0.1, 0.15) is 34.7 Å². The van der Waals surface area contributed by atoms with E-state index in [-0.39, 0.29) is 36.0 Å².